The van der Waals surface area contributed by atoms with Crippen molar-refractivity contribution in [3.63, 3.8) is 0 Å². The van der Waals surface area contributed by atoms with Crippen LogP contribution in [0.2, 0.25) is 0 Å². The van der Waals surface area contributed by atoms with E-state index in [1.54, 1.807) is 37.3 Å². The van der Waals surface area contributed by atoms with Gasteiger partial charge in [-0.2, -0.15) is 0 Å². The van der Waals surface area contributed by atoms with Gasteiger partial charge in [0.15, 0.2) is 5.78 Å². The molecule has 4 nitrogen and oxygen atoms in total. The predicted molar refractivity (Wildman–Crippen MR) is 126 cm³/mol. The molecule has 1 heterocycles. The van der Waals surface area contributed by atoms with Crippen LogP contribution >= 0.6 is 0 Å². The molecule has 0 aromatic heterocycles. The normalized spacial score (nSPS) is 22.1. The first-order valence-corrected chi connectivity index (χ1v) is 11.2. The van der Waals surface area contributed by atoms with Crippen LogP contribution < -0.4 is 5.32 Å². The van der Waals surface area contributed by atoms with Crippen LogP contribution in [0.25, 0.3) is 6.08 Å². The van der Waals surface area contributed by atoms with Crippen molar-refractivity contribution < 1.29 is 23.1 Å². The van der Waals surface area contributed by atoms with Crippen LogP contribution in [0.4, 0.5) is 8.78 Å². The number of halogens is 2. The minimum absolute atomic E-state index is 0.201. The highest BCUT2D eigenvalue weighted by Crippen LogP contribution is 2.44. The van der Waals surface area contributed by atoms with Gasteiger partial charge in [0.2, 0.25) is 0 Å². The van der Waals surface area contributed by atoms with Gasteiger partial charge in [-0.1, -0.05) is 60.7 Å². The van der Waals surface area contributed by atoms with Gasteiger partial charge in [-0.25, -0.2) is 8.78 Å². The largest absolute Gasteiger partial charge is 0.465 e. The van der Waals surface area contributed by atoms with Gasteiger partial charge < -0.3 is 4.74 Å². The molecule has 34 heavy (non-hydrogen) atoms. The summed E-state index contributed by atoms with van der Waals surface area (Å²) in [6, 6.07) is 19.8. The smallest absolute Gasteiger partial charge is 0.323 e. The number of esters is 1. The predicted octanol–water partition coefficient (Wildman–Crippen LogP) is 5.22. The van der Waals surface area contributed by atoms with Crippen LogP contribution in [-0.4, -0.2) is 24.4 Å². The fraction of sp³-hybridized carbons (Fsp3) is 0.214. The molecule has 1 saturated heterocycles. The number of carbonyl (C=O) groups is 2. The lowest BCUT2D eigenvalue weighted by Gasteiger charge is -2.24. The Morgan fingerprint density at radius 3 is 2.12 bits per heavy atom. The molecular weight excluding hydrogens is 436 g/mol. The summed E-state index contributed by atoms with van der Waals surface area (Å²) in [7, 11) is 0. The standard InChI is InChI=1S/C28H25F2NO3/c1-2-34-28(33)27-24(19-11-15-22(30)16-12-19)25(26(31-27)20-6-4-3-5-7-20)23(32)17-10-18-8-13-21(29)14-9-18/h3-17,24-27,31H,2H2,1H3/b17-10+/t24-,25-,26-,27-/m0/s1. The van der Waals surface area contributed by atoms with Crippen LogP contribution in [0.15, 0.2) is 84.9 Å². The van der Waals surface area contributed by atoms with E-state index in [0.29, 0.717) is 11.1 Å². The van der Waals surface area contributed by atoms with E-state index in [0.717, 1.165) is 5.56 Å². The second-order valence-electron chi connectivity index (χ2n) is 8.18. The molecule has 1 aliphatic heterocycles. The quantitative estimate of drug-likeness (QED) is 0.387. The Hall–Kier alpha value is -3.64. The monoisotopic (exact) mass is 461 g/mol. The molecule has 174 valence electrons. The summed E-state index contributed by atoms with van der Waals surface area (Å²) in [5.74, 6) is -2.65. The zero-order chi connectivity index (χ0) is 24.1. The number of allylic oxidation sites excluding steroid dienone is 1. The molecule has 1 aliphatic rings. The summed E-state index contributed by atoms with van der Waals surface area (Å²) in [6.45, 7) is 1.93. The van der Waals surface area contributed by atoms with Crippen LogP contribution in [0.5, 0.6) is 0 Å². The van der Waals surface area contributed by atoms with Crippen molar-refractivity contribution in [2.45, 2.75) is 24.9 Å². The SMILES string of the molecule is CCOC(=O)[C@H]1N[C@@H](c2ccccc2)[C@@H](C(=O)/C=C/c2ccc(F)cc2)[C@@H]1c1ccc(F)cc1. The highest BCUT2D eigenvalue weighted by Gasteiger charge is 2.50. The van der Waals surface area contributed by atoms with Gasteiger partial charge in [-0.05, 0) is 54.0 Å². The van der Waals surface area contributed by atoms with Crippen molar-refractivity contribution in [1.29, 1.82) is 0 Å². The molecule has 0 amide bonds. The summed E-state index contributed by atoms with van der Waals surface area (Å²) in [4.78, 5) is 26.5. The topological polar surface area (TPSA) is 55.4 Å². The summed E-state index contributed by atoms with van der Waals surface area (Å²) in [5.41, 5.74) is 2.20. The van der Waals surface area contributed by atoms with E-state index in [1.165, 1.54) is 30.3 Å². The second-order valence-corrected chi connectivity index (χ2v) is 8.18. The average Bonchev–Trinajstić information content (AvgIpc) is 3.26. The van der Waals surface area contributed by atoms with Gasteiger partial charge >= 0.3 is 5.97 Å². The van der Waals surface area contributed by atoms with E-state index in [2.05, 4.69) is 5.32 Å². The van der Waals surface area contributed by atoms with Gasteiger partial charge in [-0.15, -0.1) is 0 Å². The molecule has 0 bridgehead atoms. The van der Waals surface area contributed by atoms with Crippen LogP contribution in [0.1, 0.15) is 35.6 Å². The zero-order valence-electron chi connectivity index (χ0n) is 18.7. The van der Waals surface area contributed by atoms with Gasteiger partial charge in [-0.3, -0.25) is 14.9 Å². The molecule has 4 atom stereocenters. The summed E-state index contributed by atoms with van der Waals surface area (Å²) in [5, 5.41) is 3.32. The first-order valence-electron chi connectivity index (χ1n) is 11.2. The first kappa shape index (κ1) is 23.5. The van der Waals surface area contributed by atoms with E-state index in [-0.39, 0.29) is 18.2 Å². The average molecular weight is 462 g/mol. The molecule has 3 aromatic rings. The number of hydrogen-bond donors (Lipinski definition) is 1. The molecule has 1 N–H and O–H groups in total. The lowest BCUT2D eigenvalue weighted by Crippen LogP contribution is -2.37. The summed E-state index contributed by atoms with van der Waals surface area (Å²) >= 11 is 0. The number of rotatable bonds is 7. The molecule has 6 heteroatoms. The molecule has 0 radical (unpaired) electrons. The van der Waals surface area contributed by atoms with E-state index >= 15 is 0 Å². The van der Waals surface area contributed by atoms with Gasteiger partial charge in [0.25, 0.3) is 0 Å². The van der Waals surface area contributed by atoms with Gasteiger partial charge in [0, 0.05) is 12.0 Å². The van der Waals surface area contributed by atoms with E-state index in [9.17, 15) is 18.4 Å². The van der Waals surface area contributed by atoms with Crippen molar-refractivity contribution >= 4 is 17.8 Å². The Labute approximate surface area is 197 Å². The Balaban J connectivity index is 1.76. The number of benzene rings is 3. The van der Waals surface area contributed by atoms with Crippen molar-refractivity contribution in [3.05, 3.63) is 113 Å². The fourth-order valence-corrected chi connectivity index (χ4v) is 4.52. The maximum absolute atomic E-state index is 13.7. The van der Waals surface area contributed by atoms with E-state index in [4.69, 9.17) is 4.74 Å². The molecule has 0 saturated carbocycles. The van der Waals surface area contributed by atoms with Crippen LogP contribution in [0.3, 0.4) is 0 Å². The van der Waals surface area contributed by atoms with Gasteiger partial charge in [0.1, 0.15) is 17.7 Å². The second kappa shape index (κ2) is 10.5. The molecule has 4 rings (SSSR count). The lowest BCUT2D eigenvalue weighted by atomic mass is 9.77. The highest BCUT2D eigenvalue weighted by molar-refractivity contribution is 5.98. The minimum atomic E-state index is -0.788. The Kier molecular flexibility index (Phi) is 7.28. The number of hydrogen-bond acceptors (Lipinski definition) is 4. The Morgan fingerprint density at radius 2 is 1.50 bits per heavy atom. The third-order valence-electron chi connectivity index (χ3n) is 6.06. The number of nitrogens with one attached hydrogen (secondary N) is 1. The lowest BCUT2D eigenvalue weighted by molar-refractivity contribution is -0.145. The summed E-state index contributed by atoms with van der Waals surface area (Å²) < 4.78 is 32.2. The highest BCUT2D eigenvalue weighted by atomic mass is 19.1. The van der Waals surface area contributed by atoms with Crippen LogP contribution in [-0.2, 0) is 14.3 Å². The van der Waals surface area contributed by atoms with E-state index in [1.807, 2.05) is 30.3 Å². The Morgan fingerprint density at radius 1 is 0.882 bits per heavy atom. The van der Waals surface area contributed by atoms with Crippen molar-refractivity contribution in [3.8, 4) is 0 Å². The van der Waals surface area contributed by atoms with Crippen molar-refractivity contribution in [2.75, 3.05) is 6.61 Å². The van der Waals surface area contributed by atoms with Crippen molar-refractivity contribution in [1.82, 2.24) is 5.32 Å². The molecular formula is C28H25F2NO3. The maximum Gasteiger partial charge on any atom is 0.323 e. The number of ketones is 1. The molecule has 0 aliphatic carbocycles. The number of carbonyl (C=O) groups excluding carboxylic acids is 2. The zero-order valence-corrected chi connectivity index (χ0v) is 18.7. The number of ether oxygens (including phenoxy) is 1. The fourth-order valence-electron chi connectivity index (χ4n) is 4.52. The van der Waals surface area contributed by atoms with Gasteiger partial charge in [0.05, 0.1) is 12.5 Å². The van der Waals surface area contributed by atoms with Crippen LogP contribution in [0, 0.1) is 17.6 Å². The third-order valence-corrected chi connectivity index (χ3v) is 6.06. The maximum atomic E-state index is 13.7. The first-order chi connectivity index (χ1) is 16.5. The van der Waals surface area contributed by atoms with Crippen molar-refractivity contribution in [2.24, 2.45) is 5.92 Å². The molecule has 1 fully saturated rings. The minimum Gasteiger partial charge on any atom is -0.465 e. The molecule has 3 aromatic carbocycles. The van der Waals surface area contributed by atoms with E-state index < -0.39 is 35.7 Å². The molecule has 0 unspecified atom stereocenters. The summed E-state index contributed by atoms with van der Waals surface area (Å²) in [6.07, 6.45) is 3.09. The third kappa shape index (κ3) is 5.13. The Bertz CT molecular complexity index is 1160. The molecule has 0 spiro atoms.